The van der Waals surface area contributed by atoms with Gasteiger partial charge in [-0.2, -0.15) is 0 Å². The predicted molar refractivity (Wildman–Crippen MR) is 56.2 cm³/mol. The van der Waals surface area contributed by atoms with Crippen LogP contribution in [0.1, 0.15) is 40.7 Å². The molecule has 2 heteroatoms. The molecule has 1 aliphatic rings. The van der Waals surface area contributed by atoms with Gasteiger partial charge in [0, 0.05) is 18.5 Å². The number of aryl methyl sites for hydroxylation is 1. The number of rotatable bonds is 1. The quantitative estimate of drug-likeness (QED) is 0.687. The zero-order chi connectivity index (χ0) is 9.97. The predicted octanol–water partition coefficient (Wildman–Crippen LogP) is 2.05. The van der Waals surface area contributed by atoms with Crippen molar-refractivity contribution < 1.29 is 4.79 Å². The molecule has 0 amide bonds. The Morgan fingerprint density at radius 2 is 2.00 bits per heavy atom. The monoisotopic (exact) mass is 189 g/mol. The fourth-order valence-corrected chi connectivity index (χ4v) is 1.99. The number of carbonyl (C=O) groups is 1. The molecule has 74 valence electrons. The van der Waals surface area contributed by atoms with Crippen LogP contribution in [-0.4, -0.2) is 5.78 Å². The van der Waals surface area contributed by atoms with Gasteiger partial charge in [0.05, 0.1) is 0 Å². The average molecular weight is 189 g/mol. The Bertz CT molecular complexity index is 357. The van der Waals surface area contributed by atoms with E-state index >= 15 is 0 Å². The maximum absolute atomic E-state index is 11.7. The molecule has 1 aliphatic carbocycles. The third-order valence-corrected chi connectivity index (χ3v) is 2.81. The molecule has 1 aromatic rings. The molecule has 14 heavy (non-hydrogen) atoms. The molecular formula is C12H15NO. The van der Waals surface area contributed by atoms with E-state index in [4.69, 9.17) is 5.73 Å². The fraction of sp³-hybridized carbons (Fsp3) is 0.417. The zero-order valence-electron chi connectivity index (χ0n) is 8.25. The van der Waals surface area contributed by atoms with Gasteiger partial charge in [-0.3, -0.25) is 4.79 Å². The number of hydrogen-bond acceptors (Lipinski definition) is 2. The summed E-state index contributed by atoms with van der Waals surface area (Å²) in [6.45, 7) is 0.557. The van der Waals surface area contributed by atoms with Crippen molar-refractivity contribution in [1.29, 1.82) is 0 Å². The molecular weight excluding hydrogens is 174 g/mol. The highest BCUT2D eigenvalue weighted by Crippen LogP contribution is 2.21. The number of Topliss-reactive ketones (excluding diaryl/α,β-unsaturated/α-hetero) is 1. The molecule has 0 aliphatic heterocycles. The second kappa shape index (κ2) is 3.93. The SMILES string of the molecule is NCc1ccc2c(c1)CCCCC2=O. The number of ketones is 1. The molecule has 2 N–H and O–H groups in total. The topological polar surface area (TPSA) is 43.1 Å². The summed E-state index contributed by atoms with van der Waals surface area (Å²) in [4.78, 5) is 11.7. The smallest absolute Gasteiger partial charge is 0.163 e. The van der Waals surface area contributed by atoms with Crippen molar-refractivity contribution in [3.63, 3.8) is 0 Å². The van der Waals surface area contributed by atoms with Crippen LogP contribution in [0.3, 0.4) is 0 Å². The lowest BCUT2D eigenvalue weighted by atomic mass is 9.99. The third-order valence-electron chi connectivity index (χ3n) is 2.81. The average Bonchev–Trinajstić information content (AvgIpc) is 2.40. The molecule has 0 heterocycles. The van der Waals surface area contributed by atoms with Crippen molar-refractivity contribution in [2.75, 3.05) is 0 Å². The van der Waals surface area contributed by atoms with Crippen LogP contribution in [0.2, 0.25) is 0 Å². The van der Waals surface area contributed by atoms with Crippen molar-refractivity contribution in [3.05, 3.63) is 34.9 Å². The van der Waals surface area contributed by atoms with Gasteiger partial charge in [0.15, 0.2) is 5.78 Å². The summed E-state index contributed by atoms with van der Waals surface area (Å²) in [5.74, 6) is 0.293. The fourth-order valence-electron chi connectivity index (χ4n) is 1.99. The van der Waals surface area contributed by atoms with E-state index in [0.29, 0.717) is 18.7 Å². The molecule has 0 spiro atoms. The maximum Gasteiger partial charge on any atom is 0.163 e. The Labute approximate surface area is 84.1 Å². The van der Waals surface area contributed by atoms with Crippen LogP contribution in [0.4, 0.5) is 0 Å². The number of benzene rings is 1. The molecule has 0 fully saturated rings. The first-order valence-corrected chi connectivity index (χ1v) is 5.16. The molecule has 0 saturated heterocycles. The normalized spacial score (nSPS) is 16.2. The van der Waals surface area contributed by atoms with Gasteiger partial charge in [-0.25, -0.2) is 0 Å². The third kappa shape index (κ3) is 1.70. The summed E-state index contributed by atoms with van der Waals surface area (Å²) in [5.41, 5.74) is 8.80. The summed E-state index contributed by atoms with van der Waals surface area (Å²) in [5, 5.41) is 0. The molecule has 0 aromatic heterocycles. The summed E-state index contributed by atoms with van der Waals surface area (Å²) in [6.07, 6.45) is 3.86. The Morgan fingerprint density at radius 1 is 1.21 bits per heavy atom. The van der Waals surface area contributed by atoms with Crippen LogP contribution >= 0.6 is 0 Å². The van der Waals surface area contributed by atoms with Gasteiger partial charge >= 0.3 is 0 Å². The molecule has 2 rings (SSSR count). The number of carbonyl (C=O) groups excluding carboxylic acids is 1. The van der Waals surface area contributed by atoms with Crippen LogP contribution in [0.25, 0.3) is 0 Å². The van der Waals surface area contributed by atoms with E-state index in [-0.39, 0.29) is 0 Å². The summed E-state index contributed by atoms with van der Waals surface area (Å²) < 4.78 is 0. The van der Waals surface area contributed by atoms with E-state index in [0.717, 1.165) is 30.4 Å². The van der Waals surface area contributed by atoms with E-state index in [9.17, 15) is 4.79 Å². The Balaban J connectivity index is 2.43. The molecule has 0 atom stereocenters. The molecule has 1 aromatic carbocycles. The largest absolute Gasteiger partial charge is 0.326 e. The standard InChI is InChI=1S/C12H15NO/c13-8-9-5-6-11-10(7-9)3-1-2-4-12(11)14/h5-7H,1-4,8,13H2. The van der Waals surface area contributed by atoms with Crippen LogP contribution in [0, 0.1) is 0 Å². The minimum absolute atomic E-state index is 0.293. The van der Waals surface area contributed by atoms with Gasteiger partial charge < -0.3 is 5.73 Å². The molecule has 2 nitrogen and oxygen atoms in total. The Kier molecular flexibility index (Phi) is 2.64. The lowest BCUT2D eigenvalue weighted by Gasteiger charge is -2.06. The van der Waals surface area contributed by atoms with E-state index in [1.807, 2.05) is 12.1 Å². The van der Waals surface area contributed by atoms with Gasteiger partial charge in [0.25, 0.3) is 0 Å². The molecule has 0 bridgehead atoms. The van der Waals surface area contributed by atoms with Crippen LogP contribution in [0.5, 0.6) is 0 Å². The van der Waals surface area contributed by atoms with Gasteiger partial charge in [-0.05, 0) is 30.4 Å². The first-order valence-electron chi connectivity index (χ1n) is 5.16. The Morgan fingerprint density at radius 3 is 2.79 bits per heavy atom. The molecule has 0 saturated carbocycles. The van der Waals surface area contributed by atoms with Gasteiger partial charge in [-0.15, -0.1) is 0 Å². The van der Waals surface area contributed by atoms with Crippen LogP contribution in [-0.2, 0) is 13.0 Å². The van der Waals surface area contributed by atoms with Crippen molar-refractivity contribution >= 4 is 5.78 Å². The summed E-state index contributed by atoms with van der Waals surface area (Å²) in [6, 6.07) is 5.98. The van der Waals surface area contributed by atoms with Crippen molar-refractivity contribution in [3.8, 4) is 0 Å². The van der Waals surface area contributed by atoms with Crippen LogP contribution in [0.15, 0.2) is 18.2 Å². The lowest BCUT2D eigenvalue weighted by Crippen LogP contribution is -2.03. The highest BCUT2D eigenvalue weighted by atomic mass is 16.1. The molecule has 0 radical (unpaired) electrons. The first kappa shape index (κ1) is 9.41. The highest BCUT2D eigenvalue weighted by molar-refractivity contribution is 5.97. The van der Waals surface area contributed by atoms with Crippen molar-refractivity contribution in [2.45, 2.75) is 32.2 Å². The number of nitrogens with two attached hydrogens (primary N) is 1. The van der Waals surface area contributed by atoms with Crippen LogP contribution < -0.4 is 5.73 Å². The minimum atomic E-state index is 0.293. The van der Waals surface area contributed by atoms with E-state index in [1.165, 1.54) is 5.56 Å². The second-order valence-electron chi connectivity index (χ2n) is 3.83. The van der Waals surface area contributed by atoms with Crippen molar-refractivity contribution in [2.24, 2.45) is 5.73 Å². The van der Waals surface area contributed by atoms with Gasteiger partial charge in [0.1, 0.15) is 0 Å². The first-order chi connectivity index (χ1) is 6.81. The van der Waals surface area contributed by atoms with Gasteiger partial charge in [-0.1, -0.05) is 18.2 Å². The van der Waals surface area contributed by atoms with E-state index in [2.05, 4.69) is 6.07 Å². The molecule has 0 unspecified atom stereocenters. The zero-order valence-corrected chi connectivity index (χ0v) is 8.25. The van der Waals surface area contributed by atoms with E-state index < -0.39 is 0 Å². The second-order valence-corrected chi connectivity index (χ2v) is 3.83. The Hall–Kier alpha value is -1.15. The lowest BCUT2D eigenvalue weighted by molar-refractivity contribution is 0.0982. The number of hydrogen-bond donors (Lipinski definition) is 1. The number of fused-ring (bicyclic) bond motifs is 1. The highest BCUT2D eigenvalue weighted by Gasteiger charge is 2.14. The maximum atomic E-state index is 11.7. The minimum Gasteiger partial charge on any atom is -0.326 e. The van der Waals surface area contributed by atoms with E-state index in [1.54, 1.807) is 0 Å². The van der Waals surface area contributed by atoms with Crippen molar-refractivity contribution in [1.82, 2.24) is 0 Å². The van der Waals surface area contributed by atoms with Gasteiger partial charge in [0.2, 0.25) is 0 Å². The summed E-state index contributed by atoms with van der Waals surface area (Å²) >= 11 is 0. The summed E-state index contributed by atoms with van der Waals surface area (Å²) in [7, 11) is 0.